The summed E-state index contributed by atoms with van der Waals surface area (Å²) in [6.07, 6.45) is 22.8. The molecule has 17 rings (SSSR count). The third kappa shape index (κ3) is 5.06. The normalized spacial score (nSPS) is 54.0. The predicted octanol–water partition coefficient (Wildman–Crippen LogP) is 7.05. The molecule has 5 saturated heterocycles. The van der Waals surface area contributed by atoms with Crippen molar-refractivity contribution in [1.82, 2.24) is 10.2 Å². The van der Waals surface area contributed by atoms with Crippen molar-refractivity contribution in [1.29, 1.82) is 0 Å². The smallest absolute Gasteiger partial charge is 0.339 e. The first-order valence-electron chi connectivity index (χ1n) is 30.6. The van der Waals surface area contributed by atoms with Crippen LogP contribution in [0.25, 0.3) is 0 Å². The number of epoxide rings is 1. The second kappa shape index (κ2) is 15.5. The van der Waals surface area contributed by atoms with Crippen molar-refractivity contribution in [2.75, 3.05) is 26.4 Å². The molecule has 1 aromatic rings. The summed E-state index contributed by atoms with van der Waals surface area (Å²) in [6.45, 7) is 3.79. The van der Waals surface area contributed by atoms with Gasteiger partial charge in [-0.1, -0.05) is 69.4 Å². The van der Waals surface area contributed by atoms with E-state index in [-0.39, 0.29) is 72.8 Å². The molecule has 9 bridgehead atoms. The van der Waals surface area contributed by atoms with Crippen LogP contribution in [0.3, 0.4) is 0 Å². The summed E-state index contributed by atoms with van der Waals surface area (Å²) in [5, 5.41) is 40.9. The molecule has 76 heavy (non-hydrogen) atoms. The van der Waals surface area contributed by atoms with E-state index in [1.807, 2.05) is 6.07 Å². The average Bonchev–Trinajstić information content (AvgIpc) is 2.90. The zero-order chi connectivity index (χ0) is 51.1. The van der Waals surface area contributed by atoms with Gasteiger partial charge in [0.1, 0.15) is 29.7 Å². The van der Waals surface area contributed by atoms with E-state index in [2.05, 4.69) is 47.3 Å². The molecule has 406 valence electrons. The number of carbonyl (C=O) groups excluding carboxylic acids is 3. The van der Waals surface area contributed by atoms with Crippen LogP contribution in [-0.4, -0.2) is 106 Å². The van der Waals surface area contributed by atoms with Crippen LogP contribution in [0.1, 0.15) is 147 Å². The molecule has 9 aliphatic carbocycles. The molecule has 8 saturated carbocycles. The Hall–Kier alpha value is -3.51. The monoisotopic (exact) mass is 1040 g/mol. The fourth-order valence-electron chi connectivity index (χ4n) is 24.9. The third-order valence-electron chi connectivity index (χ3n) is 26.9. The molecule has 0 amide bonds. The van der Waals surface area contributed by atoms with Crippen LogP contribution in [0.5, 0.6) is 0 Å². The number of esters is 2. The fraction of sp³-hybridized carbons (Fsp3) is 0.794. The molecule has 5 spiro atoms. The van der Waals surface area contributed by atoms with Crippen LogP contribution >= 0.6 is 0 Å². The number of hydrogen-bond acceptors (Lipinski definition) is 13. The van der Waals surface area contributed by atoms with E-state index in [0.29, 0.717) is 48.5 Å². The van der Waals surface area contributed by atoms with Gasteiger partial charge < -0.3 is 43.6 Å². The van der Waals surface area contributed by atoms with Gasteiger partial charge in [-0.15, -0.1) is 0 Å². The fourth-order valence-corrected chi connectivity index (χ4v) is 24.9. The summed E-state index contributed by atoms with van der Waals surface area (Å²) in [5.74, 6) is 6.07. The molecule has 13 heteroatoms. The van der Waals surface area contributed by atoms with Gasteiger partial charge in [-0.05, 0) is 160 Å². The van der Waals surface area contributed by atoms with Gasteiger partial charge in [0.2, 0.25) is 0 Å². The number of aliphatic hydroxyl groups excluding tert-OH is 3. The maximum atomic E-state index is 17.1. The lowest BCUT2D eigenvalue weighted by molar-refractivity contribution is -0.314. The summed E-state index contributed by atoms with van der Waals surface area (Å²) in [6, 6.07) is 2.43. The van der Waals surface area contributed by atoms with Crippen molar-refractivity contribution in [3.05, 3.63) is 47.6 Å². The molecule has 23 unspecified atom stereocenters. The van der Waals surface area contributed by atoms with E-state index in [4.69, 9.17) is 23.4 Å². The van der Waals surface area contributed by atoms with Crippen molar-refractivity contribution < 1.29 is 53.1 Å². The van der Waals surface area contributed by atoms with Crippen LogP contribution in [0.15, 0.2) is 40.7 Å². The standard InChI is InChI=1S/C63H78N2O11/c1-56-28-37-29-57-20-8-13-39(57)26-40-17-22-59(38-11-3-2-4-12-38)50-48(68)52(69)61(49(37)58(50)32-73-54(70)51(57)62(40,58)76-59)43-14-6-5-9-34(43)10-7-21-60(56,75-55(71)53-63(56,61)74-53)44-19-24-72-47(44)27-42(46(67)31-66)35-15-16-41-36(25-35)18-23-65-33-64-30-45(41)65/h17-19,23-24,34-39,41-43,45-46,49-53,64,66-67,69H,2-6,8-9,11-16,20-22,25-33H2,1H3. The van der Waals surface area contributed by atoms with Crippen molar-refractivity contribution in [2.45, 2.75) is 189 Å². The second-order valence-corrected chi connectivity index (χ2v) is 28.6. The Morgan fingerprint density at radius 3 is 2.67 bits per heavy atom. The first-order chi connectivity index (χ1) is 36.9. The first kappa shape index (κ1) is 47.3. The molecule has 13 fully saturated rings. The number of allylic oxidation sites excluding steroid dienone is 1. The molecule has 1 aromatic heterocycles. The predicted molar refractivity (Wildman–Crippen MR) is 273 cm³/mol. The largest absolute Gasteiger partial charge is 0.469 e. The topological polar surface area (TPSA) is 181 Å². The molecular weight excluding hydrogens is 961 g/mol. The molecule has 16 aliphatic rings. The van der Waals surface area contributed by atoms with Gasteiger partial charge in [-0.25, -0.2) is 4.79 Å². The molecule has 4 N–H and O–H groups in total. The lowest BCUT2D eigenvalue weighted by Crippen LogP contribution is -2.83. The number of cyclic esters (lactones) is 1. The van der Waals surface area contributed by atoms with Gasteiger partial charge >= 0.3 is 11.9 Å². The molecule has 0 radical (unpaired) electrons. The lowest BCUT2D eigenvalue weighted by Gasteiger charge is -2.74. The van der Waals surface area contributed by atoms with Crippen LogP contribution in [-0.2, 0) is 45.4 Å². The van der Waals surface area contributed by atoms with Crippen LogP contribution in [0.2, 0.25) is 0 Å². The summed E-state index contributed by atoms with van der Waals surface area (Å²) >= 11 is 0. The van der Waals surface area contributed by atoms with Gasteiger partial charge in [-0.2, -0.15) is 0 Å². The van der Waals surface area contributed by atoms with Crippen molar-refractivity contribution in [3.8, 4) is 11.8 Å². The minimum Gasteiger partial charge on any atom is -0.469 e. The van der Waals surface area contributed by atoms with Gasteiger partial charge in [0.25, 0.3) is 0 Å². The number of aliphatic hydroxyl groups is 3. The van der Waals surface area contributed by atoms with Gasteiger partial charge in [0.05, 0.1) is 54.9 Å². The molecule has 0 aromatic carbocycles. The Balaban J connectivity index is 0.882. The average molecular weight is 1040 g/mol. The summed E-state index contributed by atoms with van der Waals surface area (Å²) in [5.41, 5.74) is -6.71. The number of nitrogens with zero attached hydrogens (tertiary/aromatic N) is 1. The quantitative estimate of drug-likeness (QED) is 0.0946. The number of ketones is 1. The zero-order valence-corrected chi connectivity index (χ0v) is 44.4. The highest BCUT2D eigenvalue weighted by molar-refractivity contribution is 5.94. The highest BCUT2D eigenvalue weighted by atomic mass is 16.7. The Kier molecular flexibility index (Phi) is 9.64. The molecule has 13 nitrogen and oxygen atoms in total. The third-order valence-corrected chi connectivity index (χ3v) is 26.9. The number of nitrogens with one attached hydrogen (secondary N) is 1. The van der Waals surface area contributed by atoms with Gasteiger partial charge in [-0.3, -0.25) is 14.9 Å². The Labute approximate surface area is 446 Å². The molecular formula is C63H78N2O11. The highest BCUT2D eigenvalue weighted by Crippen LogP contribution is 2.91. The Morgan fingerprint density at radius 2 is 1.80 bits per heavy atom. The van der Waals surface area contributed by atoms with E-state index in [1.54, 1.807) is 6.26 Å². The Bertz CT molecular complexity index is 2840. The number of Topliss-reactive ketones (excluding diaryl/α,β-unsaturated/α-hetero) is 1. The second-order valence-electron chi connectivity index (χ2n) is 28.6. The Morgan fingerprint density at radius 1 is 0.961 bits per heavy atom. The number of carbonyl (C=O) groups is 3. The minimum absolute atomic E-state index is 0.0614. The van der Waals surface area contributed by atoms with Gasteiger partial charge in [0.15, 0.2) is 17.5 Å². The van der Waals surface area contributed by atoms with E-state index in [9.17, 15) is 15.3 Å². The van der Waals surface area contributed by atoms with Crippen LogP contribution in [0.4, 0.5) is 0 Å². The zero-order valence-electron chi connectivity index (χ0n) is 44.4. The number of furan rings is 1. The molecule has 7 aliphatic heterocycles. The number of rotatable bonds is 7. The van der Waals surface area contributed by atoms with E-state index < -0.39 is 86.1 Å². The SMILES string of the molecule is CC12CC3CC45CCCC4CC4=CCC6(C7CCCCC7)OC47C5C(=O)OCC74C6C(=O)C(O)C5(C6CCCCC6C#CCC1(c1ccoc1CC(C(O)CO)C1CCC6C(C=CN7CNCC67)C1)OC(=O)C1OC152)C34. The maximum Gasteiger partial charge on any atom is 0.339 e. The van der Waals surface area contributed by atoms with E-state index in [1.165, 1.54) is 5.57 Å². The molecule has 23 atom stereocenters. The van der Waals surface area contributed by atoms with E-state index >= 15 is 14.4 Å². The minimum atomic E-state index is -1.49. The summed E-state index contributed by atoms with van der Waals surface area (Å²) < 4.78 is 36.8. The highest BCUT2D eigenvalue weighted by Gasteiger charge is 3.00. The van der Waals surface area contributed by atoms with Crippen LogP contribution < -0.4 is 5.32 Å². The molecule has 8 heterocycles. The van der Waals surface area contributed by atoms with Crippen molar-refractivity contribution >= 4 is 17.7 Å². The number of fused-ring (bicyclic) bond motifs is 6. The maximum absolute atomic E-state index is 17.1. The van der Waals surface area contributed by atoms with E-state index in [0.717, 1.165) is 122 Å². The lowest BCUT2D eigenvalue weighted by atomic mass is 9.28. The van der Waals surface area contributed by atoms with Crippen molar-refractivity contribution in [3.63, 3.8) is 0 Å². The number of hydrogen-bond donors (Lipinski definition) is 4. The number of ether oxygens (including phenoxy) is 4. The summed E-state index contributed by atoms with van der Waals surface area (Å²) in [4.78, 5) is 50.8. The van der Waals surface area contributed by atoms with Gasteiger partial charge in [0, 0.05) is 41.3 Å². The summed E-state index contributed by atoms with van der Waals surface area (Å²) in [7, 11) is 0. The van der Waals surface area contributed by atoms with Crippen molar-refractivity contribution in [2.24, 2.45) is 92.7 Å². The first-order valence-corrected chi connectivity index (χ1v) is 30.6. The van der Waals surface area contributed by atoms with Crippen LogP contribution in [0, 0.1) is 105 Å².